The van der Waals surface area contributed by atoms with Crippen LogP contribution in [0.5, 0.6) is 0 Å². The van der Waals surface area contributed by atoms with E-state index in [2.05, 4.69) is 13.8 Å². The summed E-state index contributed by atoms with van der Waals surface area (Å²) in [6, 6.07) is 0. The van der Waals surface area contributed by atoms with Gasteiger partial charge in [-0.2, -0.15) is 0 Å². The van der Waals surface area contributed by atoms with Crippen LogP contribution in [0, 0.1) is 17.3 Å². The smallest absolute Gasteiger partial charge is 0.0323 e. The van der Waals surface area contributed by atoms with Gasteiger partial charge in [0.2, 0.25) is 0 Å². The van der Waals surface area contributed by atoms with Crippen LogP contribution in [0.15, 0.2) is 0 Å². The maximum Gasteiger partial charge on any atom is -0.0323 e. The second-order valence-corrected chi connectivity index (χ2v) is 5.53. The van der Waals surface area contributed by atoms with E-state index < -0.39 is 0 Å². The average Bonchev–Trinajstić information content (AvgIpc) is 2.55. The molecule has 0 aromatic heterocycles. The second kappa shape index (κ2) is 17.1. The van der Waals surface area contributed by atoms with E-state index in [1.807, 2.05) is 55.4 Å². The molecule has 0 aliphatic heterocycles. The minimum atomic E-state index is 0.670. The summed E-state index contributed by atoms with van der Waals surface area (Å²) in [5, 5.41) is 0. The topological polar surface area (TPSA) is 0 Å². The van der Waals surface area contributed by atoms with Crippen molar-refractivity contribution in [2.75, 3.05) is 0 Å². The van der Waals surface area contributed by atoms with Crippen LogP contribution in [0.4, 0.5) is 0 Å². The zero-order chi connectivity index (χ0) is 16.6. The van der Waals surface area contributed by atoms with Gasteiger partial charge in [0.1, 0.15) is 0 Å². The van der Waals surface area contributed by atoms with Crippen molar-refractivity contribution in [2.24, 2.45) is 17.3 Å². The monoisotopic (exact) mass is 286 g/mol. The van der Waals surface area contributed by atoms with E-state index in [4.69, 9.17) is 0 Å². The fourth-order valence-corrected chi connectivity index (χ4v) is 3.59. The maximum absolute atomic E-state index is 2.50. The van der Waals surface area contributed by atoms with Crippen molar-refractivity contribution in [1.29, 1.82) is 0 Å². The summed E-state index contributed by atoms with van der Waals surface area (Å²) in [4.78, 5) is 0. The van der Waals surface area contributed by atoms with Crippen molar-refractivity contribution in [3.05, 3.63) is 0 Å². The molecule has 126 valence electrons. The van der Waals surface area contributed by atoms with Crippen molar-refractivity contribution >= 4 is 0 Å². The molecule has 20 heavy (non-hydrogen) atoms. The van der Waals surface area contributed by atoms with Crippen LogP contribution >= 0.6 is 0 Å². The highest BCUT2D eigenvalue weighted by atomic mass is 14.4. The molecule has 0 N–H and O–H groups in total. The molecule has 2 fully saturated rings. The van der Waals surface area contributed by atoms with Crippen LogP contribution < -0.4 is 0 Å². The molecule has 0 nitrogen and oxygen atoms in total. The summed E-state index contributed by atoms with van der Waals surface area (Å²) >= 11 is 0. The molecule has 0 amide bonds. The van der Waals surface area contributed by atoms with Gasteiger partial charge in [0, 0.05) is 0 Å². The number of fused-ring (bicyclic) bond motifs is 1. The molecule has 2 saturated carbocycles. The molecule has 0 radical (unpaired) electrons. The van der Waals surface area contributed by atoms with E-state index in [0.29, 0.717) is 5.41 Å². The molecule has 0 aromatic rings. The highest BCUT2D eigenvalue weighted by Crippen LogP contribution is 2.50. The molecular weight excluding hydrogens is 240 g/mol. The molecule has 0 heteroatoms. The van der Waals surface area contributed by atoms with Gasteiger partial charge in [-0.25, -0.2) is 0 Å². The fraction of sp³-hybridized carbons (Fsp3) is 1.00. The first kappa shape index (κ1) is 25.0. The SMILES string of the molecule is CC.CC.CC.CC.CC1(C)CCCC2CCCCC21. The third-order valence-corrected chi connectivity index (χ3v) is 4.31. The van der Waals surface area contributed by atoms with Crippen molar-refractivity contribution in [2.45, 2.75) is 114 Å². The molecule has 2 atom stereocenters. The van der Waals surface area contributed by atoms with Gasteiger partial charge in [0.05, 0.1) is 0 Å². The molecule has 2 unspecified atom stereocenters. The van der Waals surface area contributed by atoms with Crippen LogP contribution in [0.25, 0.3) is 0 Å². The van der Waals surface area contributed by atoms with E-state index in [1.165, 1.54) is 44.9 Å². The average molecular weight is 287 g/mol. The molecule has 2 aliphatic rings. The molecule has 0 spiro atoms. The Morgan fingerprint density at radius 1 is 0.600 bits per heavy atom. The Balaban J connectivity index is -0.000000314. The first-order valence-electron chi connectivity index (χ1n) is 9.70. The van der Waals surface area contributed by atoms with Gasteiger partial charge >= 0.3 is 0 Å². The highest BCUT2D eigenvalue weighted by Gasteiger charge is 2.39. The van der Waals surface area contributed by atoms with Gasteiger partial charge in [-0.15, -0.1) is 0 Å². The summed E-state index contributed by atoms with van der Waals surface area (Å²) in [7, 11) is 0. The molecule has 0 aromatic carbocycles. The number of hydrogen-bond donors (Lipinski definition) is 0. The van der Waals surface area contributed by atoms with Gasteiger partial charge in [0.25, 0.3) is 0 Å². The lowest BCUT2D eigenvalue weighted by atomic mass is 9.59. The molecule has 0 saturated heterocycles. The number of hydrogen-bond acceptors (Lipinski definition) is 0. The van der Waals surface area contributed by atoms with E-state index in [1.54, 1.807) is 0 Å². The predicted molar refractivity (Wildman–Crippen MR) is 98.5 cm³/mol. The lowest BCUT2D eigenvalue weighted by Gasteiger charge is -2.46. The Kier molecular flexibility index (Phi) is 21.3. The van der Waals surface area contributed by atoms with Crippen LogP contribution in [-0.2, 0) is 0 Å². The Labute approximate surface area is 132 Å². The van der Waals surface area contributed by atoms with Gasteiger partial charge in [-0.3, -0.25) is 0 Å². The van der Waals surface area contributed by atoms with Crippen molar-refractivity contribution in [1.82, 2.24) is 0 Å². The Hall–Kier alpha value is 0. The third-order valence-electron chi connectivity index (χ3n) is 4.31. The van der Waals surface area contributed by atoms with Crippen LogP contribution in [0.3, 0.4) is 0 Å². The molecular formula is C20H46. The zero-order valence-corrected chi connectivity index (χ0v) is 16.6. The predicted octanol–water partition coefficient (Wildman–Crippen LogP) is 8.11. The summed E-state index contributed by atoms with van der Waals surface area (Å²) in [6.07, 6.45) is 10.6. The lowest BCUT2D eigenvalue weighted by molar-refractivity contribution is 0.0404. The zero-order valence-electron chi connectivity index (χ0n) is 16.6. The quantitative estimate of drug-likeness (QED) is 0.422. The van der Waals surface area contributed by atoms with E-state index >= 15 is 0 Å². The third kappa shape index (κ3) is 9.03. The van der Waals surface area contributed by atoms with E-state index in [0.717, 1.165) is 11.8 Å². The van der Waals surface area contributed by atoms with Crippen LogP contribution in [0.1, 0.15) is 114 Å². The summed E-state index contributed by atoms with van der Waals surface area (Å²) in [6.45, 7) is 21.0. The second-order valence-electron chi connectivity index (χ2n) is 5.53. The normalized spacial score (nSPS) is 25.5. The van der Waals surface area contributed by atoms with E-state index in [9.17, 15) is 0 Å². The molecule has 0 heterocycles. The highest BCUT2D eigenvalue weighted by molar-refractivity contribution is 4.90. The fourth-order valence-electron chi connectivity index (χ4n) is 3.59. The standard InChI is InChI=1S/C12H22.4C2H6/c1-12(2)9-5-7-10-6-3-4-8-11(10)12;4*1-2/h10-11H,3-9H2,1-2H3;4*1-2H3. The summed E-state index contributed by atoms with van der Waals surface area (Å²) in [5.74, 6) is 2.17. The number of rotatable bonds is 0. The van der Waals surface area contributed by atoms with Gasteiger partial charge in [-0.05, 0) is 30.1 Å². The van der Waals surface area contributed by atoms with Gasteiger partial charge < -0.3 is 0 Å². The summed E-state index contributed by atoms with van der Waals surface area (Å²) in [5.41, 5.74) is 0.670. The molecule has 2 rings (SSSR count). The Morgan fingerprint density at radius 2 is 1.00 bits per heavy atom. The largest absolute Gasteiger partial charge is 0.0683 e. The minimum absolute atomic E-state index is 0.670. The van der Waals surface area contributed by atoms with Crippen LogP contribution in [-0.4, -0.2) is 0 Å². The Morgan fingerprint density at radius 3 is 1.45 bits per heavy atom. The van der Waals surface area contributed by atoms with E-state index in [-0.39, 0.29) is 0 Å². The van der Waals surface area contributed by atoms with Crippen LogP contribution in [0.2, 0.25) is 0 Å². The van der Waals surface area contributed by atoms with Gasteiger partial charge in [0.15, 0.2) is 0 Å². The molecule has 0 bridgehead atoms. The first-order valence-corrected chi connectivity index (χ1v) is 9.70. The van der Waals surface area contributed by atoms with Gasteiger partial charge in [-0.1, -0.05) is 101 Å². The van der Waals surface area contributed by atoms with Crippen molar-refractivity contribution < 1.29 is 0 Å². The van der Waals surface area contributed by atoms with Crippen molar-refractivity contribution in [3.8, 4) is 0 Å². The van der Waals surface area contributed by atoms with Crippen molar-refractivity contribution in [3.63, 3.8) is 0 Å². The maximum atomic E-state index is 2.50. The Bertz CT molecular complexity index is 155. The first-order chi connectivity index (χ1) is 9.70. The minimum Gasteiger partial charge on any atom is -0.0683 e. The lowest BCUT2D eigenvalue weighted by Crippen LogP contribution is -2.36. The molecule has 2 aliphatic carbocycles. The summed E-state index contributed by atoms with van der Waals surface area (Å²) < 4.78 is 0.